The number of carbonyl (C=O) groups excluding carboxylic acids is 2. The number of fused-ring (bicyclic) bond motifs is 1. The van der Waals surface area contributed by atoms with Crippen LogP contribution in [0.5, 0.6) is 0 Å². The molecule has 0 bridgehead atoms. The molecule has 0 radical (unpaired) electrons. The van der Waals surface area contributed by atoms with Crippen molar-refractivity contribution < 1.29 is 14.1 Å². The second-order valence-electron chi connectivity index (χ2n) is 7.64. The number of aryl methyl sites for hydroxylation is 1. The molecule has 0 spiro atoms. The third-order valence-corrected chi connectivity index (χ3v) is 5.80. The number of halogens is 1. The Balaban J connectivity index is 1.49. The van der Waals surface area contributed by atoms with Gasteiger partial charge in [-0.2, -0.15) is 0 Å². The summed E-state index contributed by atoms with van der Waals surface area (Å²) in [6, 6.07) is 16.4. The number of carbonyl (C=O) groups is 2. The normalized spacial score (nSPS) is 13.7. The minimum Gasteiger partial charge on any atom is -0.335 e. The second kappa shape index (κ2) is 8.09. The van der Waals surface area contributed by atoms with Crippen molar-refractivity contribution >= 4 is 45.9 Å². The molecule has 1 aliphatic rings. The Kier molecular flexibility index (Phi) is 5.11. The molecule has 1 N–H and O–H groups in total. The van der Waals surface area contributed by atoms with E-state index in [0.717, 1.165) is 12.0 Å². The van der Waals surface area contributed by atoms with Crippen LogP contribution in [0.2, 0.25) is 5.02 Å². The molecule has 4 aromatic rings. The molecule has 0 unspecified atom stereocenters. The second-order valence-corrected chi connectivity index (χ2v) is 8.05. The lowest BCUT2D eigenvalue weighted by Crippen LogP contribution is -2.24. The number of aromatic nitrogens is 2. The molecule has 2 amide bonds. The van der Waals surface area contributed by atoms with E-state index in [9.17, 15) is 9.59 Å². The molecule has 0 aliphatic carbocycles. The number of pyridine rings is 1. The molecule has 1 aliphatic heterocycles. The zero-order valence-electron chi connectivity index (χ0n) is 17.3. The smallest absolute Gasteiger partial charge is 0.259 e. The van der Waals surface area contributed by atoms with Crippen LogP contribution in [0, 0.1) is 6.92 Å². The molecule has 1 fully saturated rings. The highest BCUT2D eigenvalue weighted by Gasteiger charge is 2.24. The van der Waals surface area contributed by atoms with Crippen LogP contribution in [0.25, 0.3) is 22.4 Å². The third kappa shape index (κ3) is 3.61. The fourth-order valence-corrected chi connectivity index (χ4v) is 4.22. The van der Waals surface area contributed by atoms with Crippen LogP contribution in [0.3, 0.4) is 0 Å². The van der Waals surface area contributed by atoms with Gasteiger partial charge in [0.2, 0.25) is 5.91 Å². The first-order valence-corrected chi connectivity index (χ1v) is 10.6. The van der Waals surface area contributed by atoms with Crippen LogP contribution < -0.4 is 10.2 Å². The number of benzene rings is 2. The minimum atomic E-state index is -0.332. The van der Waals surface area contributed by atoms with Crippen molar-refractivity contribution in [1.29, 1.82) is 0 Å². The highest BCUT2D eigenvalue weighted by molar-refractivity contribution is 6.34. The maximum absolute atomic E-state index is 13.3. The molecule has 7 nitrogen and oxygen atoms in total. The Morgan fingerprint density at radius 1 is 1.16 bits per heavy atom. The van der Waals surface area contributed by atoms with E-state index in [1.54, 1.807) is 36.1 Å². The quantitative estimate of drug-likeness (QED) is 0.463. The van der Waals surface area contributed by atoms with Gasteiger partial charge in [0.1, 0.15) is 0 Å². The van der Waals surface area contributed by atoms with Crippen LogP contribution in [0.4, 0.5) is 11.4 Å². The van der Waals surface area contributed by atoms with Crippen LogP contribution in [0.15, 0.2) is 59.1 Å². The number of rotatable bonds is 4. The topological polar surface area (TPSA) is 88.3 Å². The van der Waals surface area contributed by atoms with E-state index >= 15 is 0 Å². The van der Waals surface area contributed by atoms with Gasteiger partial charge in [0.15, 0.2) is 0 Å². The number of nitrogens with one attached hydrogen (secondary N) is 1. The average Bonchev–Trinajstić information content (AvgIpc) is 3.39. The van der Waals surface area contributed by atoms with Gasteiger partial charge >= 0.3 is 0 Å². The number of amides is 2. The summed E-state index contributed by atoms with van der Waals surface area (Å²) in [6.07, 6.45) is 1.34. The number of hydrogen-bond donors (Lipinski definition) is 1. The van der Waals surface area contributed by atoms with E-state index in [0.29, 0.717) is 57.4 Å². The standard InChI is InChI=1S/C24H19ClN4O3/c1-14-22-17(13-19(27-24(22)32-28-14)15-6-3-2-4-7-15)23(31)26-16-9-10-20(18(25)12-16)29-11-5-8-21(29)30/h2-4,6-7,9-10,12-13H,5,8,11H2,1H3,(H,26,31). The number of anilines is 2. The van der Waals surface area contributed by atoms with Gasteiger partial charge in [0.05, 0.1) is 33.0 Å². The summed E-state index contributed by atoms with van der Waals surface area (Å²) < 4.78 is 5.35. The van der Waals surface area contributed by atoms with Gasteiger partial charge in [-0.15, -0.1) is 0 Å². The van der Waals surface area contributed by atoms with Crippen molar-refractivity contribution in [2.24, 2.45) is 0 Å². The lowest BCUT2D eigenvalue weighted by Gasteiger charge is -2.18. The Bertz CT molecular complexity index is 1350. The Hall–Kier alpha value is -3.71. The molecule has 0 saturated carbocycles. The summed E-state index contributed by atoms with van der Waals surface area (Å²) in [5, 5.41) is 7.84. The summed E-state index contributed by atoms with van der Waals surface area (Å²) >= 11 is 6.43. The van der Waals surface area contributed by atoms with Crippen molar-refractivity contribution in [3.05, 3.63) is 70.9 Å². The van der Waals surface area contributed by atoms with Gasteiger partial charge in [-0.3, -0.25) is 9.59 Å². The van der Waals surface area contributed by atoms with E-state index in [2.05, 4.69) is 15.5 Å². The minimum absolute atomic E-state index is 0.0548. The van der Waals surface area contributed by atoms with Crippen molar-refractivity contribution in [3.8, 4) is 11.3 Å². The van der Waals surface area contributed by atoms with Crippen molar-refractivity contribution in [1.82, 2.24) is 10.1 Å². The van der Waals surface area contributed by atoms with E-state index in [1.807, 2.05) is 30.3 Å². The van der Waals surface area contributed by atoms with E-state index in [1.165, 1.54) is 0 Å². The van der Waals surface area contributed by atoms with Crippen molar-refractivity contribution in [2.75, 3.05) is 16.8 Å². The molecule has 2 aromatic carbocycles. The summed E-state index contributed by atoms with van der Waals surface area (Å²) in [6.45, 7) is 2.42. The van der Waals surface area contributed by atoms with Crippen LogP contribution in [-0.2, 0) is 4.79 Å². The molecule has 0 atom stereocenters. The van der Waals surface area contributed by atoms with Gasteiger partial charge < -0.3 is 14.7 Å². The molecular formula is C24H19ClN4O3. The van der Waals surface area contributed by atoms with Crippen LogP contribution >= 0.6 is 11.6 Å². The zero-order chi connectivity index (χ0) is 22.2. The van der Waals surface area contributed by atoms with Gasteiger partial charge in [-0.05, 0) is 37.6 Å². The maximum Gasteiger partial charge on any atom is 0.259 e. The summed E-state index contributed by atoms with van der Waals surface area (Å²) in [5.74, 6) is -0.277. The lowest BCUT2D eigenvalue weighted by molar-refractivity contribution is -0.117. The molecule has 32 heavy (non-hydrogen) atoms. The fourth-order valence-electron chi connectivity index (χ4n) is 3.94. The first-order chi connectivity index (χ1) is 15.5. The lowest BCUT2D eigenvalue weighted by atomic mass is 10.0. The van der Waals surface area contributed by atoms with E-state index < -0.39 is 0 Å². The predicted octanol–water partition coefficient (Wildman–Crippen LogP) is 5.23. The molecule has 3 heterocycles. The summed E-state index contributed by atoms with van der Waals surface area (Å²) in [4.78, 5) is 31.5. The Labute approximate surface area is 189 Å². The van der Waals surface area contributed by atoms with Gasteiger partial charge in [-0.25, -0.2) is 4.98 Å². The molecular weight excluding hydrogens is 428 g/mol. The molecule has 1 saturated heterocycles. The predicted molar refractivity (Wildman–Crippen MR) is 123 cm³/mol. The maximum atomic E-state index is 13.3. The van der Waals surface area contributed by atoms with Crippen molar-refractivity contribution in [3.63, 3.8) is 0 Å². The number of nitrogens with zero attached hydrogens (tertiary/aromatic N) is 3. The van der Waals surface area contributed by atoms with E-state index in [-0.39, 0.29) is 11.8 Å². The van der Waals surface area contributed by atoms with Crippen LogP contribution in [-0.4, -0.2) is 28.5 Å². The highest BCUT2D eigenvalue weighted by atomic mass is 35.5. The molecule has 2 aromatic heterocycles. The van der Waals surface area contributed by atoms with Crippen LogP contribution in [0.1, 0.15) is 28.9 Å². The Morgan fingerprint density at radius 2 is 1.97 bits per heavy atom. The largest absolute Gasteiger partial charge is 0.335 e. The van der Waals surface area contributed by atoms with Gasteiger partial charge in [0, 0.05) is 24.2 Å². The molecule has 8 heteroatoms. The van der Waals surface area contributed by atoms with Gasteiger partial charge in [-0.1, -0.05) is 47.1 Å². The molecule has 160 valence electrons. The van der Waals surface area contributed by atoms with Gasteiger partial charge in [0.25, 0.3) is 11.6 Å². The van der Waals surface area contributed by atoms with Crippen molar-refractivity contribution in [2.45, 2.75) is 19.8 Å². The zero-order valence-corrected chi connectivity index (χ0v) is 18.0. The third-order valence-electron chi connectivity index (χ3n) is 5.50. The fraction of sp³-hybridized carbons (Fsp3) is 0.167. The first kappa shape index (κ1) is 20.2. The molecule has 5 rings (SSSR count). The summed E-state index contributed by atoms with van der Waals surface area (Å²) in [7, 11) is 0. The monoisotopic (exact) mass is 446 g/mol. The van der Waals surface area contributed by atoms with E-state index in [4.69, 9.17) is 16.1 Å². The highest BCUT2D eigenvalue weighted by Crippen LogP contribution is 2.32. The summed E-state index contributed by atoms with van der Waals surface area (Å²) in [5.41, 5.74) is 3.94. The average molecular weight is 447 g/mol. The Morgan fingerprint density at radius 3 is 2.69 bits per heavy atom. The SMILES string of the molecule is Cc1noc2nc(-c3ccccc3)cc(C(=O)Nc3ccc(N4CCCC4=O)c(Cl)c3)c12. The number of hydrogen-bond acceptors (Lipinski definition) is 5. The first-order valence-electron chi connectivity index (χ1n) is 10.2.